The maximum Gasteiger partial charge on any atom is 0.240 e. The molecular formula is C12H19N5O. The van der Waals surface area contributed by atoms with Gasteiger partial charge in [-0.15, -0.1) is 0 Å². The first-order valence-corrected chi connectivity index (χ1v) is 6.31. The minimum Gasteiger partial charge on any atom is -0.384 e. The summed E-state index contributed by atoms with van der Waals surface area (Å²) in [5.41, 5.74) is 11.2. The zero-order valence-corrected chi connectivity index (χ0v) is 10.6. The molecule has 0 bridgehead atoms. The van der Waals surface area contributed by atoms with Crippen molar-refractivity contribution in [2.45, 2.75) is 38.6 Å². The summed E-state index contributed by atoms with van der Waals surface area (Å²) in [6.07, 6.45) is 3.55. The third-order valence-electron chi connectivity index (χ3n) is 3.22. The van der Waals surface area contributed by atoms with Crippen LogP contribution in [-0.4, -0.2) is 28.5 Å². The number of anilines is 2. The van der Waals surface area contributed by atoms with Crippen LogP contribution in [0.4, 0.5) is 11.6 Å². The topological polar surface area (TPSA) is 98.1 Å². The lowest BCUT2D eigenvalue weighted by molar-refractivity contribution is -0.119. The monoisotopic (exact) mass is 249 g/mol. The lowest BCUT2D eigenvalue weighted by Crippen LogP contribution is -2.48. The van der Waals surface area contributed by atoms with Crippen molar-refractivity contribution in [3.8, 4) is 0 Å². The molecule has 6 heteroatoms. The fourth-order valence-corrected chi connectivity index (χ4v) is 2.31. The first kappa shape index (κ1) is 12.6. The van der Waals surface area contributed by atoms with E-state index in [1.54, 1.807) is 6.07 Å². The summed E-state index contributed by atoms with van der Waals surface area (Å²) in [5, 5.41) is 0. The molecule has 1 aliphatic heterocycles. The Morgan fingerprint density at radius 1 is 1.50 bits per heavy atom. The Balaban J connectivity index is 2.33. The van der Waals surface area contributed by atoms with E-state index in [1.807, 2.05) is 11.8 Å². The van der Waals surface area contributed by atoms with Crippen LogP contribution in [0.15, 0.2) is 6.07 Å². The standard InChI is InChI=1S/C12H19N5O/c1-2-10-15-9(13)7-11(16-10)17-6-4-3-5-8(17)12(14)18/h7-8H,2-6H2,1H3,(H2,14,18)(H2,13,15,16). The highest BCUT2D eigenvalue weighted by molar-refractivity contribution is 5.83. The van der Waals surface area contributed by atoms with Crippen molar-refractivity contribution >= 4 is 17.5 Å². The van der Waals surface area contributed by atoms with E-state index in [0.29, 0.717) is 23.9 Å². The lowest BCUT2D eigenvalue weighted by Gasteiger charge is -2.34. The summed E-state index contributed by atoms with van der Waals surface area (Å²) in [7, 11) is 0. The second kappa shape index (κ2) is 5.20. The second-order valence-corrected chi connectivity index (χ2v) is 4.53. The largest absolute Gasteiger partial charge is 0.384 e. The predicted molar refractivity (Wildman–Crippen MR) is 70.0 cm³/mol. The third kappa shape index (κ3) is 2.52. The molecule has 1 saturated heterocycles. The maximum absolute atomic E-state index is 11.5. The number of nitrogens with two attached hydrogens (primary N) is 2. The highest BCUT2D eigenvalue weighted by Gasteiger charge is 2.28. The zero-order chi connectivity index (χ0) is 13.1. The van der Waals surface area contributed by atoms with Gasteiger partial charge in [0.25, 0.3) is 0 Å². The summed E-state index contributed by atoms with van der Waals surface area (Å²) in [6, 6.07) is 1.43. The van der Waals surface area contributed by atoms with Gasteiger partial charge in [-0.2, -0.15) is 0 Å². The molecule has 0 saturated carbocycles. The number of nitrogens with zero attached hydrogens (tertiary/aromatic N) is 3. The summed E-state index contributed by atoms with van der Waals surface area (Å²) >= 11 is 0. The molecule has 2 heterocycles. The highest BCUT2D eigenvalue weighted by atomic mass is 16.1. The number of piperidine rings is 1. The fourth-order valence-electron chi connectivity index (χ4n) is 2.31. The molecule has 1 unspecified atom stereocenters. The number of hydrogen-bond acceptors (Lipinski definition) is 5. The summed E-state index contributed by atoms with van der Waals surface area (Å²) in [4.78, 5) is 22.0. The number of carbonyl (C=O) groups is 1. The van der Waals surface area contributed by atoms with Gasteiger partial charge in [-0.05, 0) is 19.3 Å². The molecule has 0 aromatic carbocycles. The van der Waals surface area contributed by atoms with E-state index in [4.69, 9.17) is 11.5 Å². The molecule has 0 aliphatic carbocycles. The molecule has 1 fully saturated rings. The van der Waals surface area contributed by atoms with E-state index in [9.17, 15) is 4.79 Å². The predicted octanol–water partition coefficient (Wildman–Crippen LogP) is 0.465. The van der Waals surface area contributed by atoms with Gasteiger partial charge in [0, 0.05) is 19.0 Å². The van der Waals surface area contributed by atoms with Crippen LogP contribution in [0.5, 0.6) is 0 Å². The van der Waals surface area contributed by atoms with Crippen molar-refractivity contribution in [3.63, 3.8) is 0 Å². The molecule has 6 nitrogen and oxygen atoms in total. The van der Waals surface area contributed by atoms with E-state index in [0.717, 1.165) is 25.8 Å². The molecule has 1 amide bonds. The van der Waals surface area contributed by atoms with Crippen molar-refractivity contribution in [1.82, 2.24) is 9.97 Å². The second-order valence-electron chi connectivity index (χ2n) is 4.53. The Bertz CT molecular complexity index is 448. The van der Waals surface area contributed by atoms with Crippen LogP contribution in [0.2, 0.25) is 0 Å². The van der Waals surface area contributed by atoms with Crippen LogP contribution in [0, 0.1) is 0 Å². The first-order valence-electron chi connectivity index (χ1n) is 6.31. The maximum atomic E-state index is 11.5. The van der Waals surface area contributed by atoms with Gasteiger partial charge in [0.2, 0.25) is 5.91 Å². The van der Waals surface area contributed by atoms with E-state index >= 15 is 0 Å². The fraction of sp³-hybridized carbons (Fsp3) is 0.583. The first-order chi connectivity index (χ1) is 8.61. The Hall–Kier alpha value is -1.85. The van der Waals surface area contributed by atoms with Gasteiger partial charge in [0.1, 0.15) is 23.5 Å². The average Bonchev–Trinajstić information content (AvgIpc) is 2.38. The van der Waals surface area contributed by atoms with Gasteiger partial charge in [-0.1, -0.05) is 6.92 Å². The van der Waals surface area contributed by atoms with E-state index in [1.165, 1.54) is 0 Å². The molecular weight excluding hydrogens is 230 g/mol. The van der Waals surface area contributed by atoms with Crippen LogP contribution < -0.4 is 16.4 Å². The number of carbonyl (C=O) groups excluding carboxylic acids is 1. The Kier molecular flexibility index (Phi) is 3.64. The van der Waals surface area contributed by atoms with Gasteiger partial charge < -0.3 is 16.4 Å². The molecule has 1 atom stereocenters. The highest BCUT2D eigenvalue weighted by Crippen LogP contribution is 2.24. The molecule has 1 aliphatic rings. The molecule has 2 rings (SSSR count). The molecule has 1 aromatic rings. The summed E-state index contributed by atoms with van der Waals surface area (Å²) in [6.45, 7) is 2.76. The van der Waals surface area contributed by atoms with Crippen molar-refractivity contribution in [3.05, 3.63) is 11.9 Å². The summed E-state index contributed by atoms with van der Waals surface area (Å²) in [5.74, 6) is 1.54. The minimum absolute atomic E-state index is 0.280. The average molecular weight is 249 g/mol. The molecule has 4 N–H and O–H groups in total. The van der Waals surface area contributed by atoms with E-state index < -0.39 is 0 Å². The van der Waals surface area contributed by atoms with Crippen molar-refractivity contribution in [1.29, 1.82) is 0 Å². The molecule has 0 spiro atoms. The number of nitrogen functional groups attached to an aromatic ring is 1. The number of primary amides is 1. The number of rotatable bonds is 3. The van der Waals surface area contributed by atoms with Gasteiger partial charge in [-0.25, -0.2) is 9.97 Å². The van der Waals surface area contributed by atoms with Crippen LogP contribution in [-0.2, 0) is 11.2 Å². The Morgan fingerprint density at radius 2 is 2.28 bits per heavy atom. The lowest BCUT2D eigenvalue weighted by atomic mass is 10.0. The van der Waals surface area contributed by atoms with Crippen LogP contribution >= 0.6 is 0 Å². The van der Waals surface area contributed by atoms with E-state index in [2.05, 4.69) is 9.97 Å². The Labute approximate surface area is 106 Å². The molecule has 0 radical (unpaired) electrons. The van der Waals surface area contributed by atoms with Crippen molar-refractivity contribution in [2.24, 2.45) is 5.73 Å². The van der Waals surface area contributed by atoms with Gasteiger partial charge in [0.05, 0.1) is 0 Å². The molecule has 98 valence electrons. The van der Waals surface area contributed by atoms with Crippen molar-refractivity contribution < 1.29 is 4.79 Å². The van der Waals surface area contributed by atoms with Crippen LogP contribution in [0.3, 0.4) is 0 Å². The zero-order valence-electron chi connectivity index (χ0n) is 10.6. The van der Waals surface area contributed by atoms with Crippen LogP contribution in [0.25, 0.3) is 0 Å². The quantitative estimate of drug-likeness (QED) is 0.811. The summed E-state index contributed by atoms with van der Waals surface area (Å²) < 4.78 is 0. The molecule has 18 heavy (non-hydrogen) atoms. The van der Waals surface area contributed by atoms with Crippen LogP contribution in [0.1, 0.15) is 32.0 Å². The number of amides is 1. The normalized spacial score (nSPS) is 19.8. The van der Waals surface area contributed by atoms with Gasteiger partial charge in [0.15, 0.2) is 0 Å². The van der Waals surface area contributed by atoms with Gasteiger partial charge >= 0.3 is 0 Å². The number of aryl methyl sites for hydroxylation is 1. The van der Waals surface area contributed by atoms with E-state index in [-0.39, 0.29) is 11.9 Å². The van der Waals surface area contributed by atoms with Crippen molar-refractivity contribution in [2.75, 3.05) is 17.2 Å². The third-order valence-corrected chi connectivity index (χ3v) is 3.22. The number of hydrogen-bond donors (Lipinski definition) is 2. The van der Waals surface area contributed by atoms with Gasteiger partial charge in [-0.3, -0.25) is 4.79 Å². The minimum atomic E-state index is -0.301. The molecule has 1 aromatic heterocycles. The Morgan fingerprint density at radius 3 is 2.94 bits per heavy atom. The SMILES string of the molecule is CCc1nc(N)cc(N2CCCCC2C(N)=O)n1. The smallest absolute Gasteiger partial charge is 0.240 e. The number of aromatic nitrogens is 2.